The predicted molar refractivity (Wildman–Crippen MR) is 65.5 cm³/mol. The second kappa shape index (κ2) is 4.99. The molecule has 0 bridgehead atoms. The van der Waals surface area contributed by atoms with Crippen molar-refractivity contribution in [3.8, 4) is 0 Å². The van der Waals surface area contributed by atoms with Crippen molar-refractivity contribution in [2.45, 2.75) is 12.8 Å². The largest absolute Gasteiger partial charge is 0.372 e. The van der Waals surface area contributed by atoms with Gasteiger partial charge in [-0.1, -0.05) is 0 Å². The second-order valence-corrected chi connectivity index (χ2v) is 4.25. The maximum Gasteiger partial charge on any atom is 0.288 e. The molecule has 0 aromatic carbocycles. The summed E-state index contributed by atoms with van der Waals surface area (Å²) < 4.78 is 0. The van der Waals surface area contributed by atoms with E-state index in [1.165, 1.54) is 6.07 Å². The van der Waals surface area contributed by atoms with E-state index < -0.39 is 4.92 Å². The molecule has 2 N–H and O–H groups in total. The zero-order chi connectivity index (χ0) is 13.1. The molecule has 1 amide bonds. The Morgan fingerprint density at radius 3 is 2.89 bits per heavy atom. The summed E-state index contributed by atoms with van der Waals surface area (Å²) >= 11 is 0. The Morgan fingerprint density at radius 2 is 2.33 bits per heavy atom. The highest BCUT2D eigenvalue weighted by Gasteiger charge is 2.23. The fraction of sp³-hybridized carbons (Fsp3) is 0.455. The van der Waals surface area contributed by atoms with Crippen LogP contribution in [0.4, 0.5) is 11.5 Å². The number of pyridine rings is 1. The standard InChI is InChI=1S/C11H14N4O3/c1-12-10-9(4-8(6-13-10)15(17)18)11(16)14-5-7-2-3-7/h4,6-7H,2-3,5H2,1H3,(H,12,13)(H,14,16). The third-order valence-corrected chi connectivity index (χ3v) is 2.81. The predicted octanol–water partition coefficient (Wildman–Crippen LogP) is 1.17. The van der Waals surface area contributed by atoms with E-state index in [4.69, 9.17) is 0 Å². The Kier molecular flexibility index (Phi) is 3.40. The van der Waals surface area contributed by atoms with Crippen LogP contribution in [0.1, 0.15) is 23.2 Å². The second-order valence-electron chi connectivity index (χ2n) is 4.25. The van der Waals surface area contributed by atoms with Crippen LogP contribution in [0, 0.1) is 16.0 Å². The zero-order valence-electron chi connectivity index (χ0n) is 9.97. The Bertz CT molecular complexity index is 485. The highest BCUT2D eigenvalue weighted by Crippen LogP contribution is 2.28. The first-order valence-electron chi connectivity index (χ1n) is 5.72. The lowest BCUT2D eigenvalue weighted by atomic mass is 10.2. The zero-order valence-corrected chi connectivity index (χ0v) is 9.97. The monoisotopic (exact) mass is 250 g/mol. The topological polar surface area (TPSA) is 97.2 Å². The minimum absolute atomic E-state index is 0.189. The average molecular weight is 250 g/mol. The fourth-order valence-corrected chi connectivity index (χ4v) is 1.58. The van der Waals surface area contributed by atoms with Crippen LogP contribution in [0.15, 0.2) is 12.3 Å². The molecule has 96 valence electrons. The molecule has 1 fully saturated rings. The van der Waals surface area contributed by atoms with Gasteiger partial charge in [0.15, 0.2) is 0 Å². The summed E-state index contributed by atoms with van der Waals surface area (Å²) in [5.41, 5.74) is 0.0120. The van der Waals surface area contributed by atoms with Crippen molar-refractivity contribution in [1.29, 1.82) is 0 Å². The van der Waals surface area contributed by atoms with Gasteiger partial charge in [-0.05, 0) is 18.8 Å². The Morgan fingerprint density at radius 1 is 1.61 bits per heavy atom. The summed E-state index contributed by atoms with van der Waals surface area (Å²) in [6, 6.07) is 1.24. The van der Waals surface area contributed by atoms with Crippen LogP contribution in [-0.4, -0.2) is 29.4 Å². The maximum absolute atomic E-state index is 11.9. The van der Waals surface area contributed by atoms with Gasteiger partial charge in [0.2, 0.25) is 0 Å². The molecular weight excluding hydrogens is 236 g/mol. The lowest BCUT2D eigenvalue weighted by Gasteiger charge is -2.08. The van der Waals surface area contributed by atoms with Gasteiger partial charge < -0.3 is 10.6 Å². The van der Waals surface area contributed by atoms with Crippen LogP contribution in [0.2, 0.25) is 0 Å². The molecule has 7 nitrogen and oxygen atoms in total. The molecule has 7 heteroatoms. The van der Waals surface area contributed by atoms with Crippen molar-refractivity contribution in [2.24, 2.45) is 5.92 Å². The number of aromatic nitrogens is 1. The lowest BCUT2D eigenvalue weighted by molar-refractivity contribution is -0.385. The highest BCUT2D eigenvalue weighted by molar-refractivity contribution is 5.99. The summed E-state index contributed by atoms with van der Waals surface area (Å²) in [6.45, 7) is 0.616. The molecule has 1 saturated carbocycles. The van der Waals surface area contributed by atoms with Gasteiger partial charge in [0.25, 0.3) is 11.6 Å². The molecule has 0 aliphatic heterocycles. The normalized spacial score (nSPS) is 14.1. The van der Waals surface area contributed by atoms with E-state index in [0.717, 1.165) is 19.0 Å². The van der Waals surface area contributed by atoms with Gasteiger partial charge in [-0.15, -0.1) is 0 Å². The summed E-state index contributed by atoms with van der Waals surface area (Å²) in [5.74, 6) is 0.565. The smallest absolute Gasteiger partial charge is 0.288 e. The highest BCUT2D eigenvalue weighted by atomic mass is 16.6. The number of rotatable bonds is 5. The van der Waals surface area contributed by atoms with Crippen molar-refractivity contribution in [3.63, 3.8) is 0 Å². The van der Waals surface area contributed by atoms with Crippen LogP contribution < -0.4 is 10.6 Å². The van der Waals surface area contributed by atoms with Crippen LogP contribution in [0.3, 0.4) is 0 Å². The Labute approximate surface area is 104 Å². The molecule has 1 aliphatic rings. The van der Waals surface area contributed by atoms with E-state index in [1.54, 1.807) is 7.05 Å². The molecule has 0 spiro atoms. The van der Waals surface area contributed by atoms with Crippen molar-refractivity contribution < 1.29 is 9.72 Å². The van der Waals surface area contributed by atoms with Gasteiger partial charge >= 0.3 is 0 Å². The third kappa shape index (κ3) is 2.73. The quantitative estimate of drug-likeness (QED) is 0.604. The molecule has 1 heterocycles. The molecule has 0 saturated heterocycles. The van der Waals surface area contributed by atoms with Crippen LogP contribution >= 0.6 is 0 Å². The number of carbonyl (C=O) groups is 1. The molecular formula is C11H14N4O3. The van der Waals surface area contributed by atoms with Crippen molar-refractivity contribution >= 4 is 17.4 Å². The number of nitrogens with one attached hydrogen (secondary N) is 2. The number of anilines is 1. The Hall–Kier alpha value is -2.18. The molecule has 18 heavy (non-hydrogen) atoms. The molecule has 2 rings (SSSR count). The summed E-state index contributed by atoms with van der Waals surface area (Å²) in [4.78, 5) is 25.9. The molecule has 1 aliphatic carbocycles. The molecule has 1 aromatic rings. The third-order valence-electron chi connectivity index (χ3n) is 2.81. The SMILES string of the molecule is CNc1ncc([N+](=O)[O-])cc1C(=O)NCC1CC1. The molecule has 0 atom stereocenters. The summed E-state index contributed by atoms with van der Waals surface area (Å²) in [7, 11) is 1.62. The van der Waals surface area contributed by atoms with Crippen molar-refractivity contribution in [2.75, 3.05) is 18.9 Å². The molecule has 0 radical (unpaired) electrons. The molecule has 1 aromatic heterocycles. The van der Waals surface area contributed by atoms with Crippen molar-refractivity contribution in [1.82, 2.24) is 10.3 Å². The number of hydrogen-bond donors (Lipinski definition) is 2. The summed E-state index contributed by atoms with van der Waals surface area (Å²) in [6.07, 6.45) is 3.39. The number of carbonyl (C=O) groups excluding carboxylic acids is 1. The first-order valence-corrected chi connectivity index (χ1v) is 5.72. The lowest BCUT2D eigenvalue weighted by Crippen LogP contribution is -2.26. The molecule has 0 unspecified atom stereocenters. The first-order chi connectivity index (χ1) is 8.61. The average Bonchev–Trinajstić information content (AvgIpc) is 3.19. The van der Waals surface area contributed by atoms with Crippen LogP contribution in [0.5, 0.6) is 0 Å². The number of amides is 1. The van der Waals surface area contributed by atoms with E-state index in [9.17, 15) is 14.9 Å². The van der Waals surface area contributed by atoms with Gasteiger partial charge in [0, 0.05) is 19.7 Å². The summed E-state index contributed by atoms with van der Waals surface area (Å²) in [5, 5.41) is 16.2. The van der Waals surface area contributed by atoms with Gasteiger partial charge in [0.1, 0.15) is 12.0 Å². The van der Waals surface area contributed by atoms with Crippen LogP contribution in [-0.2, 0) is 0 Å². The number of hydrogen-bond acceptors (Lipinski definition) is 5. The number of nitro groups is 1. The van der Waals surface area contributed by atoms with E-state index in [2.05, 4.69) is 15.6 Å². The minimum Gasteiger partial charge on any atom is -0.372 e. The van der Waals surface area contributed by atoms with Crippen molar-refractivity contribution in [3.05, 3.63) is 27.9 Å². The van der Waals surface area contributed by atoms with Gasteiger partial charge in [-0.3, -0.25) is 14.9 Å². The number of nitrogens with zero attached hydrogens (tertiary/aromatic N) is 2. The van der Waals surface area contributed by atoms with Gasteiger partial charge in [-0.2, -0.15) is 0 Å². The van der Waals surface area contributed by atoms with Gasteiger partial charge in [0.05, 0.1) is 10.5 Å². The van der Waals surface area contributed by atoms with E-state index >= 15 is 0 Å². The maximum atomic E-state index is 11.9. The van der Waals surface area contributed by atoms with Gasteiger partial charge in [-0.25, -0.2) is 4.98 Å². The van der Waals surface area contributed by atoms with E-state index in [1.807, 2.05) is 0 Å². The first kappa shape index (κ1) is 12.3. The van der Waals surface area contributed by atoms with E-state index in [0.29, 0.717) is 18.3 Å². The fourth-order valence-electron chi connectivity index (χ4n) is 1.58. The Balaban J connectivity index is 2.18. The van der Waals surface area contributed by atoms with Crippen LogP contribution in [0.25, 0.3) is 0 Å². The van der Waals surface area contributed by atoms with E-state index in [-0.39, 0.29) is 17.2 Å². The minimum atomic E-state index is -0.565.